The van der Waals surface area contributed by atoms with E-state index < -0.39 is 97.5 Å². The quantitative estimate of drug-likeness (QED) is 0.0222. The van der Waals surface area contributed by atoms with Crippen LogP contribution in [0.25, 0.3) is 0 Å². The van der Waals surface area contributed by atoms with Crippen LogP contribution >= 0.6 is 15.6 Å². The van der Waals surface area contributed by atoms with Crippen LogP contribution in [0.2, 0.25) is 0 Å². The fourth-order valence-corrected chi connectivity index (χ4v) is 15.1. The molecule has 0 spiro atoms. The van der Waals surface area contributed by atoms with Crippen LogP contribution in [0.4, 0.5) is 0 Å². The van der Waals surface area contributed by atoms with Gasteiger partial charge in [0.15, 0.2) is 12.2 Å². The summed E-state index contributed by atoms with van der Waals surface area (Å²) in [7, 11) is -9.93. The summed E-state index contributed by atoms with van der Waals surface area (Å²) in [6, 6.07) is 0. The molecule has 0 saturated carbocycles. The first kappa shape index (κ1) is 104. The summed E-state index contributed by atoms with van der Waals surface area (Å²) in [4.78, 5) is 73.2. The van der Waals surface area contributed by atoms with Gasteiger partial charge in [-0.15, -0.1) is 0 Å². The van der Waals surface area contributed by atoms with Crippen molar-refractivity contribution in [1.29, 1.82) is 0 Å². The zero-order valence-corrected chi connectivity index (χ0v) is 71.5. The predicted octanol–water partition coefficient (Wildman–Crippen LogP) is 26.6. The number of ether oxygens (including phenoxy) is 4. The number of hydrogen-bond donors (Lipinski definition) is 3. The Morgan fingerprint density at radius 3 is 0.717 bits per heavy atom. The molecule has 0 aliphatic carbocycles. The van der Waals surface area contributed by atoms with Gasteiger partial charge in [-0.05, 0) is 37.5 Å². The highest BCUT2D eigenvalue weighted by atomic mass is 31.2. The van der Waals surface area contributed by atoms with Crippen molar-refractivity contribution in [3.63, 3.8) is 0 Å². The highest BCUT2D eigenvalue weighted by molar-refractivity contribution is 7.47. The van der Waals surface area contributed by atoms with Crippen LogP contribution in [0.1, 0.15) is 465 Å². The van der Waals surface area contributed by atoms with Crippen LogP contribution in [0.15, 0.2) is 0 Å². The molecule has 6 atom stereocenters. The van der Waals surface area contributed by atoms with Crippen molar-refractivity contribution in [3.05, 3.63) is 0 Å². The summed E-state index contributed by atoms with van der Waals surface area (Å²) < 4.78 is 68.9. The number of carbonyl (C=O) groups excluding carboxylic acids is 4. The molecule has 0 aromatic carbocycles. The molecule has 0 radical (unpaired) electrons. The van der Waals surface area contributed by atoms with Crippen molar-refractivity contribution in [1.82, 2.24) is 0 Å². The molecule has 0 aromatic heterocycles. The van der Waals surface area contributed by atoms with Crippen molar-refractivity contribution in [2.24, 2.45) is 11.8 Å². The van der Waals surface area contributed by atoms with Gasteiger partial charge in [0.2, 0.25) is 0 Å². The van der Waals surface area contributed by atoms with Crippen LogP contribution < -0.4 is 0 Å². The third kappa shape index (κ3) is 78.7. The standard InChI is InChI=1S/C87H170O17P2/c1-7-10-12-14-16-18-20-21-22-25-29-36-41-47-53-59-65-71-86(91)103-82(75-97-84(89)69-63-57-51-45-19-17-15-13-11-8-2)77-101-105(93,94)99-73-81(88)74-100-106(95,96)102-78-83(76-98-85(90)70-64-58-52-46-40-35-32-31-34-39-44-50-56-62-68-80(6)9-3)104-87(92)72-66-60-54-48-42-37-30-27-24-23-26-28-33-38-43-49-55-61-67-79(4)5/h79-83,88H,7-78H2,1-6H3,(H,93,94)(H,95,96)/t80?,81-,82+,83+/m0/s1. The van der Waals surface area contributed by atoms with Gasteiger partial charge in [-0.1, -0.05) is 414 Å². The molecule has 0 aromatic rings. The third-order valence-electron chi connectivity index (χ3n) is 20.8. The Bertz CT molecular complexity index is 2030. The maximum Gasteiger partial charge on any atom is 0.472 e. The lowest BCUT2D eigenvalue weighted by molar-refractivity contribution is -0.161. The lowest BCUT2D eigenvalue weighted by atomic mass is 9.99. The molecule has 3 N–H and O–H groups in total. The number of phosphoric acid groups is 2. The number of rotatable bonds is 86. The van der Waals surface area contributed by atoms with E-state index in [4.69, 9.17) is 37.0 Å². The average Bonchev–Trinajstić information content (AvgIpc) is 0.904. The number of phosphoric ester groups is 2. The van der Waals surface area contributed by atoms with Crippen molar-refractivity contribution < 1.29 is 80.2 Å². The fourth-order valence-electron chi connectivity index (χ4n) is 13.6. The Morgan fingerprint density at radius 1 is 0.274 bits per heavy atom. The SMILES string of the molecule is CCCCCCCCCCCCCCCCCCCC(=O)O[C@H](COC(=O)CCCCCCCCCCCC)COP(=O)(O)OC[C@H](O)COP(=O)(O)OC[C@@H](COC(=O)CCCCCCCCCCCCCCCCC(C)CC)OC(=O)CCCCCCCCCCCCCCCCCCCCC(C)C. The van der Waals surface area contributed by atoms with Crippen LogP contribution in [0.3, 0.4) is 0 Å². The van der Waals surface area contributed by atoms with E-state index >= 15 is 0 Å². The predicted molar refractivity (Wildman–Crippen MR) is 437 cm³/mol. The summed E-state index contributed by atoms with van der Waals surface area (Å²) in [5, 5.41) is 10.7. The summed E-state index contributed by atoms with van der Waals surface area (Å²) >= 11 is 0. The number of aliphatic hydroxyl groups is 1. The van der Waals surface area contributed by atoms with Gasteiger partial charge in [0.05, 0.1) is 26.4 Å². The zero-order valence-electron chi connectivity index (χ0n) is 69.7. The van der Waals surface area contributed by atoms with Gasteiger partial charge in [0, 0.05) is 25.7 Å². The highest BCUT2D eigenvalue weighted by Crippen LogP contribution is 2.45. The van der Waals surface area contributed by atoms with E-state index in [1.54, 1.807) is 0 Å². The summed E-state index contributed by atoms with van der Waals surface area (Å²) in [5.41, 5.74) is 0. The van der Waals surface area contributed by atoms with Gasteiger partial charge in [0.25, 0.3) is 0 Å². The van der Waals surface area contributed by atoms with Crippen LogP contribution in [-0.2, 0) is 65.4 Å². The Hall–Kier alpha value is -1.94. The van der Waals surface area contributed by atoms with Crippen LogP contribution in [-0.4, -0.2) is 96.7 Å². The molecule has 0 amide bonds. The molecule has 0 heterocycles. The van der Waals surface area contributed by atoms with E-state index in [1.807, 2.05) is 0 Å². The van der Waals surface area contributed by atoms with E-state index in [1.165, 1.54) is 283 Å². The topological polar surface area (TPSA) is 237 Å². The Labute approximate surface area is 651 Å². The number of esters is 4. The van der Waals surface area contributed by atoms with Crippen LogP contribution in [0.5, 0.6) is 0 Å². The number of hydrogen-bond acceptors (Lipinski definition) is 15. The monoisotopic (exact) mass is 1550 g/mol. The second kappa shape index (κ2) is 78.3. The normalized spacial score (nSPS) is 14.1. The zero-order chi connectivity index (χ0) is 77.8. The summed E-state index contributed by atoms with van der Waals surface area (Å²) in [6.45, 7) is 9.77. The maximum absolute atomic E-state index is 13.2. The minimum absolute atomic E-state index is 0.109. The molecule has 19 heteroatoms. The molecule has 630 valence electrons. The number of unbranched alkanes of at least 4 members (excludes halogenated alkanes) is 55. The van der Waals surface area contributed by atoms with E-state index in [9.17, 15) is 43.2 Å². The van der Waals surface area contributed by atoms with Crippen molar-refractivity contribution >= 4 is 39.5 Å². The molecular formula is C87H170O17P2. The minimum atomic E-state index is -4.97. The molecule has 106 heavy (non-hydrogen) atoms. The van der Waals surface area contributed by atoms with Gasteiger partial charge in [-0.25, -0.2) is 9.13 Å². The molecule has 0 fully saturated rings. The molecule has 0 rings (SSSR count). The van der Waals surface area contributed by atoms with Gasteiger partial charge >= 0.3 is 39.5 Å². The summed E-state index contributed by atoms with van der Waals surface area (Å²) in [6.07, 6.45) is 70.7. The smallest absolute Gasteiger partial charge is 0.462 e. The van der Waals surface area contributed by atoms with Crippen LogP contribution in [0, 0.1) is 11.8 Å². The van der Waals surface area contributed by atoms with Crippen molar-refractivity contribution in [2.75, 3.05) is 39.6 Å². The molecule has 17 nitrogen and oxygen atoms in total. The maximum atomic E-state index is 13.2. The van der Waals surface area contributed by atoms with E-state index in [0.717, 1.165) is 102 Å². The van der Waals surface area contributed by atoms with Gasteiger partial charge in [0.1, 0.15) is 19.3 Å². The largest absolute Gasteiger partial charge is 0.472 e. The Balaban J connectivity index is 5.23. The lowest BCUT2D eigenvalue weighted by Gasteiger charge is -2.21. The second-order valence-corrected chi connectivity index (χ2v) is 34.9. The fraction of sp³-hybridized carbons (Fsp3) is 0.954. The average molecular weight is 1550 g/mol. The molecule has 0 bridgehead atoms. The molecule has 0 saturated heterocycles. The first-order valence-corrected chi connectivity index (χ1v) is 48.0. The molecule has 0 aliphatic heterocycles. The van der Waals surface area contributed by atoms with Gasteiger partial charge in [-0.3, -0.25) is 37.3 Å². The second-order valence-electron chi connectivity index (χ2n) is 32.0. The van der Waals surface area contributed by atoms with Crippen molar-refractivity contribution in [3.8, 4) is 0 Å². The summed E-state index contributed by atoms with van der Waals surface area (Å²) in [5.74, 6) is -0.429. The van der Waals surface area contributed by atoms with E-state index in [0.29, 0.717) is 25.7 Å². The molecule has 3 unspecified atom stereocenters. The third-order valence-corrected chi connectivity index (χ3v) is 22.7. The molecular weight excluding hydrogens is 1380 g/mol. The molecule has 0 aliphatic rings. The van der Waals surface area contributed by atoms with E-state index in [-0.39, 0.29) is 25.7 Å². The first-order chi connectivity index (χ1) is 51.4. The highest BCUT2D eigenvalue weighted by Gasteiger charge is 2.30. The number of aliphatic hydroxyl groups excluding tert-OH is 1. The Kier molecular flexibility index (Phi) is 76.9. The number of carbonyl (C=O) groups is 4. The minimum Gasteiger partial charge on any atom is -0.462 e. The van der Waals surface area contributed by atoms with Gasteiger partial charge < -0.3 is 33.8 Å². The lowest BCUT2D eigenvalue weighted by Crippen LogP contribution is -2.30. The van der Waals surface area contributed by atoms with Crippen molar-refractivity contribution in [2.45, 2.75) is 484 Å². The van der Waals surface area contributed by atoms with E-state index in [2.05, 4.69) is 41.5 Å². The first-order valence-electron chi connectivity index (χ1n) is 45.0. The Morgan fingerprint density at radius 2 is 0.481 bits per heavy atom. The van der Waals surface area contributed by atoms with Gasteiger partial charge in [-0.2, -0.15) is 0 Å².